The molecule has 4 rings (SSSR count). The van der Waals surface area contributed by atoms with E-state index in [9.17, 15) is 18.0 Å². The van der Waals surface area contributed by atoms with Crippen LogP contribution in [0.2, 0.25) is 0 Å². The minimum atomic E-state index is -3.90. The molecule has 10 heteroatoms. The zero-order chi connectivity index (χ0) is 22.7. The van der Waals surface area contributed by atoms with Gasteiger partial charge in [-0.3, -0.25) is 9.10 Å². The van der Waals surface area contributed by atoms with Crippen LogP contribution in [0, 0.1) is 0 Å². The van der Waals surface area contributed by atoms with Gasteiger partial charge in [-0.2, -0.15) is 0 Å². The number of hydrogen-bond donors (Lipinski definition) is 0. The number of anilines is 1. The van der Waals surface area contributed by atoms with Gasteiger partial charge in [-0.05, 0) is 36.2 Å². The number of carbonyl (C=O) groups is 2. The van der Waals surface area contributed by atoms with E-state index < -0.39 is 22.6 Å². The maximum Gasteiger partial charge on any atom is 0.342 e. The third-order valence-electron chi connectivity index (χ3n) is 5.51. The zero-order valence-electron chi connectivity index (χ0n) is 17.7. The molecule has 170 valence electrons. The summed E-state index contributed by atoms with van der Waals surface area (Å²) in [6.07, 6.45) is 0.615. The monoisotopic (exact) mass is 460 g/mol. The highest BCUT2D eigenvalue weighted by molar-refractivity contribution is 7.92. The van der Waals surface area contributed by atoms with Crippen LogP contribution >= 0.6 is 0 Å². The van der Waals surface area contributed by atoms with E-state index in [1.165, 1.54) is 29.6 Å². The molecule has 0 unspecified atom stereocenters. The Morgan fingerprint density at radius 1 is 1.06 bits per heavy atom. The van der Waals surface area contributed by atoms with Crippen LogP contribution in [0.3, 0.4) is 0 Å². The normalized spacial score (nSPS) is 15.9. The van der Waals surface area contributed by atoms with E-state index in [1.54, 1.807) is 17.0 Å². The Bertz CT molecular complexity index is 1130. The number of sulfonamides is 1. The van der Waals surface area contributed by atoms with Crippen LogP contribution in [0.1, 0.15) is 15.9 Å². The van der Waals surface area contributed by atoms with Crippen LogP contribution in [0.15, 0.2) is 47.4 Å². The summed E-state index contributed by atoms with van der Waals surface area (Å²) in [5.74, 6) is -1.00. The first kappa shape index (κ1) is 22.1. The van der Waals surface area contributed by atoms with Gasteiger partial charge in [0, 0.05) is 19.6 Å². The van der Waals surface area contributed by atoms with Gasteiger partial charge < -0.3 is 19.1 Å². The second-order valence-electron chi connectivity index (χ2n) is 7.39. The number of hydrogen-bond acceptors (Lipinski definition) is 7. The Kier molecular flexibility index (Phi) is 6.33. The summed E-state index contributed by atoms with van der Waals surface area (Å²) < 4.78 is 43.5. The molecule has 2 aromatic rings. The van der Waals surface area contributed by atoms with Gasteiger partial charge in [0.15, 0.2) is 6.61 Å². The van der Waals surface area contributed by atoms with Crippen LogP contribution in [0.5, 0.6) is 5.75 Å². The van der Waals surface area contributed by atoms with E-state index in [-0.39, 0.29) is 22.1 Å². The molecular formula is C22H24N2O7S. The number of benzene rings is 2. The molecule has 2 aromatic carbocycles. The van der Waals surface area contributed by atoms with Crippen LogP contribution in [0.4, 0.5) is 5.69 Å². The van der Waals surface area contributed by atoms with Gasteiger partial charge in [0.05, 0.1) is 30.9 Å². The number of ether oxygens (including phenoxy) is 3. The summed E-state index contributed by atoms with van der Waals surface area (Å²) in [7, 11) is -2.53. The number of nitrogens with zero attached hydrogens (tertiary/aromatic N) is 2. The number of methoxy groups -OCH3 is 1. The number of morpholine rings is 1. The van der Waals surface area contributed by atoms with Crippen molar-refractivity contribution in [1.29, 1.82) is 0 Å². The Labute approximate surface area is 186 Å². The van der Waals surface area contributed by atoms with Crippen molar-refractivity contribution >= 4 is 27.6 Å². The number of esters is 1. The Hall–Kier alpha value is -3.11. The average Bonchev–Trinajstić information content (AvgIpc) is 3.27. The zero-order valence-corrected chi connectivity index (χ0v) is 18.5. The molecule has 1 amide bonds. The molecule has 0 saturated carbocycles. The summed E-state index contributed by atoms with van der Waals surface area (Å²) in [5, 5.41) is 0. The maximum atomic E-state index is 13.3. The summed E-state index contributed by atoms with van der Waals surface area (Å²) >= 11 is 0. The average molecular weight is 461 g/mol. The van der Waals surface area contributed by atoms with Gasteiger partial charge in [-0.25, -0.2) is 13.2 Å². The predicted octanol–water partition coefficient (Wildman–Crippen LogP) is 1.46. The first-order valence-corrected chi connectivity index (χ1v) is 11.7. The van der Waals surface area contributed by atoms with Gasteiger partial charge in [-0.15, -0.1) is 0 Å². The van der Waals surface area contributed by atoms with E-state index >= 15 is 0 Å². The largest absolute Gasteiger partial charge is 0.496 e. The molecule has 2 aliphatic heterocycles. The van der Waals surface area contributed by atoms with Crippen molar-refractivity contribution in [2.24, 2.45) is 0 Å². The van der Waals surface area contributed by atoms with Crippen LogP contribution in [-0.4, -0.2) is 71.8 Å². The molecule has 0 aromatic heterocycles. The number of carbonyl (C=O) groups excluding carboxylic acids is 2. The van der Waals surface area contributed by atoms with Gasteiger partial charge in [0.2, 0.25) is 0 Å². The van der Waals surface area contributed by atoms with Crippen molar-refractivity contribution in [1.82, 2.24) is 4.90 Å². The molecule has 0 spiro atoms. The third-order valence-corrected chi connectivity index (χ3v) is 7.32. The van der Waals surface area contributed by atoms with Crippen molar-refractivity contribution in [3.05, 3.63) is 53.6 Å². The van der Waals surface area contributed by atoms with E-state index in [0.29, 0.717) is 45.0 Å². The molecule has 1 saturated heterocycles. The van der Waals surface area contributed by atoms with Gasteiger partial charge in [0.1, 0.15) is 11.3 Å². The lowest BCUT2D eigenvalue weighted by Gasteiger charge is -2.26. The minimum absolute atomic E-state index is 0.0542. The first-order valence-electron chi connectivity index (χ1n) is 10.2. The molecule has 0 atom stereocenters. The topological polar surface area (TPSA) is 102 Å². The SMILES string of the molecule is COc1ccc(S(=O)(=O)N2CCc3ccccc32)cc1C(=O)OCC(=O)N1CCOCC1. The highest BCUT2D eigenvalue weighted by atomic mass is 32.2. The van der Waals surface area contributed by atoms with Crippen LogP contribution < -0.4 is 9.04 Å². The minimum Gasteiger partial charge on any atom is -0.496 e. The molecule has 32 heavy (non-hydrogen) atoms. The maximum absolute atomic E-state index is 13.3. The molecule has 2 heterocycles. The van der Waals surface area contributed by atoms with E-state index in [1.807, 2.05) is 12.1 Å². The summed E-state index contributed by atoms with van der Waals surface area (Å²) in [6.45, 7) is 1.62. The van der Waals surface area contributed by atoms with Crippen LogP contribution in [-0.2, 0) is 30.7 Å². The first-order chi connectivity index (χ1) is 15.4. The number of rotatable bonds is 6. The molecule has 9 nitrogen and oxygen atoms in total. The van der Waals surface area contributed by atoms with Crippen molar-refractivity contribution in [2.75, 3.05) is 50.9 Å². The van der Waals surface area contributed by atoms with Gasteiger partial charge in [-0.1, -0.05) is 18.2 Å². The van der Waals surface area contributed by atoms with Crippen molar-refractivity contribution in [3.63, 3.8) is 0 Å². The van der Waals surface area contributed by atoms with Gasteiger partial charge >= 0.3 is 5.97 Å². The second-order valence-corrected chi connectivity index (χ2v) is 9.25. The van der Waals surface area contributed by atoms with Crippen molar-refractivity contribution < 1.29 is 32.2 Å². The Morgan fingerprint density at radius 2 is 1.81 bits per heavy atom. The lowest BCUT2D eigenvalue weighted by atomic mass is 10.2. The van der Waals surface area contributed by atoms with Crippen LogP contribution in [0.25, 0.3) is 0 Å². The Morgan fingerprint density at radius 3 is 2.56 bits per heavy atom. The fourth-order valence-corrected chi connectivity index (χ4v) is 5.33. The van der Waals surface area contributed by atoms with Crippen molar-refractivity contribution in [3.8, 4) is 5.75 Å². The fraction of sp³-hybridized carbons (Fsp3) is 0.364. The molecule has 0 bridgehead atoms. The van der Waals surface area contributed by atoms with E-state index in [4.69, 9.17) is 14.2 Å². The molecule has 0 aliphatic carbocycles. The lowest BCUT2D eigenvalue weighted by Crippen LogP contribution is -2.42. The Balaban J connectivity index is 1.55. The molecule has 0 radical (unpaired) electrons. The van der Waals surface area contributed by atoms with E-state index in [0.717, 1.165) is 5.56 Å². The summed E-state index contributed by atoms with van der Waals surface area (Å²) in [4.78, 5) is 26.5. The third kappa shape index (κ3) is 4.28. The highest BCUT2D eigenvalue weighted by Gasteiger charge is 2.32. The number of para-hydroxylation sites is 1. The second kappa shape index (κ2) is 9.17. The predicted molar refractivity (Wildman–Crippen MR) is 115 cm³/mol. The number of amides is 1. The molecule has 2 aliphatic rings. The summed E-state index contributed by atoms with van der Waals surface area (Å²) in [6, 6.07) is 11.4. The molecular weight excluding hydrogens is 436 g/mol. The molecule has 0 N–H and O–H groups in total. The quantitative estimate of drug-likeness (QED) is 0.602. The van der Waals surface area contributed by atoms with Gasteiger partial charge in [0.25, 0.3) is 15.9 Å². The summed E-state index contributed by atoms with van der Waals surface area (Å²) in [5.41, 5.74) is 1.52. The fourth-order valence-electron chi connectivity index (χ4n) is 3.80. The van der Waals surface area contributed by atoms with Crippen molar-refractivity contribution in [2.45, 2.75) is 11.3 Å². The van der Waals surface area contributed by atoms with E-state index in [2.05, 4.69) is 0 Å². The number of fused-ring (bicyclic) bond motifs is 1. The standard InChI is InChI=1S/C22H24N2O7S/c1-29-20-7-6-17(32(27,28)24-9-8-16-4-2-3-5-19(16)24)14-18(20)22(26)31-15-21(25)23-10-12-30-13-11-23/h2-7,14H,8-13,15H2,1H3. The smallest absolute Gasteiger partial charge is 0.342 e. The highest BCUT2D eigenvalue weighted by Crippen LogP contribution is 2.34. The molecule has 1 fully saturated rings. The lowest BCUT2D eigenvalue weighted by molar-refractivity contribution is -0.138.